The summed E-state index contributed by atoms with van der Waals surface area (Å²) >= 11 is 0. The Bertz CT molecular complexity index is 747. The molecule has 7 heteroatoms. The summed E-state index contributed by atoms with van der Waals surface area (Å²) in [7, 11) is 1.58. The van der Waals surface area contributed by atoms with Gasteiger partial charge in [0.2, 0.25) is 5.91 Å². The quantitative estimate of drug-likeness (QED) is 0.559. The van der Waals surface area contributed by atoms with E-state index < -0.39 is 0 Å². The van der Waals surface area contributed by atoms with Gasteiger partial charge in [0.25, 0.3) is 5.91 Å². The van der Waals surface area contributed by atoms with Crippen LogP contribution in [0.4, 0.5) is 11.4 Å². The molecule has 3 N–H and O–H groups in total. The van der Waals surface area contributed by atoms with Gasteiger partial charge < -0.3 is 25.4 Å². The molecule has 0 saturated carbocycles. The van der Waals surface area contributed by atoms with Crippen molar-refractivity contribution in [3.8, 4) is 5.75 Å². The molecule has 0 bridgehead atoms. The lowest BCUT2D eigenvalue weighted by Gasteiger charge is -2.13. The largest absolute Gasteiger partial charge is 0.489 e. The van der Waals surface area contributed by atoms with E-state index in [9.17, 15) is 9.59 Å². The lowest BCUT2D eigenvalue weighted by atomic mass is 10.2. The SMILES string of the molecule is CCOCCOc1ccccc1NC(=O)CNc1ccc(C(=O)NC)cc1. The Morgan fingerprint density at radius 1 is 1.00 bits per heavy atom. The average Bonchev–Trinajstić information content (AvgIpc) is 2.70. The number of hydrogen-bond donors (Lipinski definition) is 3. The molecule has 144 valence electrons. The summed E-state index contributed by atoms with van der Waals surface area (Å²) in [6.07, 6.45) is 0. The van der Waals surface area contributed by atoms with Gasteiger partial charge in [-0.1, -0.05) is 12.1 Å². The summed E-state index contributed by atoms with van der Waals surface area (Å²) in [5.74, 6) is 0.243. The highest BCUT2D eigenvalue weighted by Gasteiger charge is 2.08. The number of ether oxygens (including phenoxy) is 2. The molecule has 0 atom stereocenters. The number of anilines is 2. The highest BCUT2D eigenvalue weighted by molar-refractivity contribution is 5.96. The van der Waals surface area contributed by atoms with Crippen molar-refractivity contribution in [2.75, 3.05) is 44.0 Å². The summed E-state index contributed by atoms with van der Waals surface area (Å²) in [6.45, 7) is 3.56. The third kappa shape index (κ3) is 6.63. The number of carbonyl (C=O) groups excluding carboxylic acids is 2. The zero-order valence-electron chi connectivity index (χ0n) is 15.6. The number of nitrogens with one attached hydrogen (secondary N) is 3. The zero-order valence-corrected chi connectivity index (χ0v) is 15.6. The van der Waals surface area contributed by atoms with Crippen LogP contribution in [0.5, 0.6) is 5.75 Å². The molecule has 0 spiro atoms. The van der Waals surface area contributed by atoms with Gasteiger partial charge in [-0.15, -0.1) is 0 Å². The lowest BCUT2D eigenvalue weighted by Crippen LogP contribution is -2.22. The number of benzene rings is 2. The fraction of sp³-hybridized carbons (Fsp3) is 0.300. The maximum absolute atomic E-state index is 12.2. The molecule has 0 saturated heterocycles. The van der Waals surface area contributed by atoms with Crippen LogP contribution in [0, 0.1) is 0 Å². The molecule has 2 aromatic carbocycles. The maximum Gasteiger partial charge on any atom is 0.251 e. The van der Waals surface area contributed by atoms with Gasteiger partial charge in [0, 0.05) is 24.9 Å². The summed E-state index contributed by atoms with van der Waals surface area (Å²) in [4.78, 5) is 23.7. The summed E-state index contributed by atoms with van der Waals surface area (Å²) in [5, 5.41) is 8.41. The summed E-state index contributed by atoms with van der Waals surface area (Å²) in [6, 6.07) is 14.2. The van der Waals surface area contributed by atoms with Crippen LogP contribution < -0.4 is 20.7 Å². The van der Waals surface area contributed by atoms with Crippen molar-refractivity contribution >= 4 is 23.2 Å². The van der Waals surface area contributed by atoms with Crippen LogP contribution in [-0.2, 0) is 9.53 Å². The predicted octanol–water partition coefficient (Wildman–Crippen LogP) is 2.51. The van der Waals surface area contributed by atoms with Gasteiger partial charge in [0.15, 0.2) is 0 Å². The number of amides is 2. The van der Waals surface area contributed by atoms with Crippen molar-refractivity contribution in [1.82, 2.24) is 5.32 Å². The monoisotopic (exact) mass is 371 g/mol. The molecule has 0 radical (unpaired) electrons. The normalized spacial score (nSPS) is 10.1. The predicted molar refractivity (Wildman–Crippen MR) is 105 cm³/mol. The van der Waals surface area contributed by atoms with E-state index in [1.54, 1.807) is 43.4 Å². The second-order valence-electron chi connectivity index (χ2n) is 5.60. The average molecular weight is 371 g/mol. The van der Waals surface area contributed by atoms with Gasteiger partial charge >= 0.3 is 0 Å². The first-order valence-corrected chi connectivity index (χ1v) is 8.79. The first kappa shape index (κ1) is 20.3. The van der Waals surface area contributed by atoms with Crippen molar-refractivity contribution in [2.45, 2.75) is 6.92 Å². The Labute approximate surface area is 159 Å². The summed E-state index contributed by atoms with van der Waals surface area (Å²) < 4.78 is 10.9. The molecule has 2 rings (SSSR count). The van der Waals surface area contributed by atoms with Gasteiger partial charge in [-0.05, 0) is 43.3 Å². The van der Waals surface area contributed by atoms with Crippen molar-refractivity contribution in [2.24, 2.45) is 0 Å². The van der Waals surface area contributed by atoms with E-state index >= 15 is 0 Å². The van der Waals surface area contributed by atoms with E-state index in [2.05, 4.69) is 16.0 Å². The van der Waals surface area contributed by atoms with Crippen LogP contribution in [-0.4, -0.2) is 45.2 Å². The number of para-hydroxylation sites is 2. The van der Waals surface area contributed by atoms with E-state index in [1.807, 2.05) is 19.1 Å². The first-order valence-electron chi connectivity index (χ1n) is 8.79. The maximum atomic E-state index is 12.2. The molecule has 0 heterocycles. The number of hydrogen-bond acceptors (Lipinski definition) is 5. The molecular weight excluding hydrogens is 346 g/mol. The molecule has 27 heavy (non-hydrogen) atoms. The van der Waals surface area contributed by atoms with Crippen molar-refractivity contribution in [3.63, 3.8) is 0 Å². The van der Waals surface area contributed by atoms with Gasteiger partial charge in [-0.25, -0.2) is 0 Å². The third-order valence-electron chi connectivity index (χ3n) is 3.68. The van der Waals surface area contributed by atoms with Gasteiger partial charge in [-0.2, -0.15) is 0 Å². The molecule has 0 aliphatic carbocycles. The van der Waals surface area contributed by atoms with E-state index in [-0.39, 0.29) is 18.4 Å². The van der Waals surface area contributed by atoms with Gasteiger partial charge in [0.1, 0.15) is 12.4 Å². The first-order chi connectivity index (χ1) is 13.1. The van der Waals surface area contributed by atoms with Crippen LogP contribution >= 0.6 is 0 Å². The van der Waals surface area contributed by atoms with E-state index in [1.165, 1.54) is 0 Å². The molecule has 0 fully saturated rings. The second kappa shape index (κ2) is 10.8. The molecule has 0 aliphatic rings. The third-order valence-corrected chi connectivity index (χ3v) is 3.68. The van der Waals surface area contributed by atoms with Crippen LogP contribution in [0.25, 0.3) is 0 Å². The fourth-order valence-electron chi connectivity index (χ4n) is 2.31. The van der Waals surface area contributed by atoms with Crippen molar-refractivity contribution < 1.29 is 19.1 Å². The Morgan fingerprint density at radius 3 is 2.44 bits per heavy atom. The Kier molecular flexibility index (Phi) is 8.12. The van der Waals surface area contributed by atoms with Gasteiger partial charge in [0.05, 0.1) is 18.8 Å². The molecule has 0 aliphatic heterocycles. The topological polar surface area (TPSA) is 88.7 Å². The molecular formula is C20H25N3O4. The minimum absolute atomic E-state index is 0.0899. The minimum Gasteiger partial charge on any atom is -0.489 e. The van der Waals surface area contributed by atoms with E-state index in [0.717, 1.165) is 5.69 Å². The molecule has 2 aromatic rings. The fourth-order valence-corrected chi connectivity index (χ4v) is 2.31. The second-order valence-corrected chi connectivity index (χ2v) is 5.60. The Balaban J connectivity index is 1.86. The standard InChI is InChI=1S/C20H25N3O4/c1-3-26-12-13-27-18-7-5-4-6-17(18)23-19(24)14-22-16-10-8-15(9-11-16)20(25)21-2/h4-11,22H,3,12-14H2,1-2H3,(H,21,25)(H,23,24). The Morgan fingerprint density at radius 2 is 1.74 bits per heavy atom. The number of rotatable bonds is 10. The highest BCUT2D eigenvalue weighted by atomic mass is 16.5. The number of carbonyl (C=O) groups is 2. The van der Waals surface area contributed by atoms with Crippen LogP contribution in [0.15, 0.2) is 48.5 Å². The van der Waals surface area contributed by atoms with Crippen LogP contribution in [0.1, 0.15) is 17.3 Å². The van der Waals surface area contributed by atoms with E-state index in [0.29, 0.717) is 36.8 Å². The lowest BCUT2D eigenvalue weighted by molar-refractivity contribution is -0.114. The Hall–Kier alpha value is -3.06. The van der Waals surface area contributed by atoms with Crippen molar-refractivity contribution in [3.05, 3.63) is 54.1 Å². The highest BCUT2D eigenvalue weighted by Crippen LogP contribution is 2.23. The molecule has 0 aromatic heterocycles. The molecule has 2 amide bonds. The zero-order chi connectivity index (χ0) is 19.5. The van der Waals surface area contributed by atoms with Gasteiger partial charge in [-0.3, -0.25) is 9.59 Å². The smallest absolute Gasteiger partial charge is 0.251 e. The molecule has 7 nitrogen and oxygen atoms in total. The van der Waals surface area contributed by atoms with Crippen LogP contribution in [0.2, 0.25) is 0 Å². The summed E-state index contributed by atoms with van der Waals surface area (Å²) in [5.41, 5.74) is 1.92. The van der Waals surface area contributed by atoms with Crippen molar-refractivity contribution in [1.29, 1.82) is 0 Å². The van der Waals surface area contributed by atoms with Crippen LogP contribution in [0.3, 0.4) is 0 Å². The molecule has 0 unspecified atom stereocenters. The van der Waals surface area contributed by atoms with E-state index in [4.69, 9.17) is 9.47 Å². The minimum atomic E-state index is -0.203.